The predicted molar refractivity (Wildman–Crippen MR) is 101 cm³/mol. The Morgan fingerprint density at radius 1 is 1.00 bits per heavy atom. The molecule has 0 bridgehead atoms. The van der Waals surface area contributed by atoms with Gasteiger partial charge in [0.25, 0.3) is 0 Å². The van der Waals surface area contributed by atoms with Gasteiger partial charge in [-0.25, -0.2) is 9.18 Å². The number of amides is 2. The van der Waals surface area contributed by atoms with Crippen molar-refractivity contribution in [3.8, 4) is 0 Å². The van der Waals surface area contributed by atoms with Crippen LogP contribution in [0, 0.1) is 5.82 Å². The summed E-state index contributed by atoms with van der Waals surface area (Å²) in [7, 11) is 7.95. The third-order valence-electron chi connectivity index (χ3n) is 3.98. The average Bonchev–Trinajstić information content (AvgIpc) is 2.57. The fraction of sp³-hybridized carbons (Fsp3) is 0.316. The van der Waals surface area contributed by atoms with Crippen molar-refractivity contribution in [2.24, 2.45) is 0 Å². The van der Waals surface area contributed by atoms with Gasteiger partial charge in [-0.15, -0.1) is 0 Å². The van der Waals surface area contributed by atoms with Crippen LogP contribution in [0.25, 0.3) is 0 Å². The van der Waals surface area contributed by atoms with Crippen LogP contribution in [0.5, 0.6) is 0 Å². The number of rotatable bonds is 6. The molecule has 134 valence electrons. The first kappa shape index (κ1) is 18.7. The molecule has 0 spiro atoms. The summed E-state index contributed by atoms with van der Waals surface area (Å²) in [5.74, 6) is -0.334. The molecule has 1 atom stereocenters. The van der Waals surface area contributed by atoms with E-state index in [-0.39, 0.29) is 17.9 Å². The number of halogens is 1. The maximum absolute atomic E-state index is 12.9. The number of urea groups is 1. The van der Waals surface area contributed by atoms with Crippen molar-refractivity contribution in [1.29, 1.82) is 0 Å². The van der Waals surface area contributed by atoms with Crippen molar-refractivity contribution >= 4 is 17.4 Å². The Labute approximate surface area is 148 Å². The first-order valence-electron chi connectivity index (χ1n) is 8.11. The van der Waals surface area contributed by atoms with E-state index in [2.05, 4.69) is 39.8 Å². The van der Waals surface area contributed by atoms with E-state index in [1.54, 1.807) is 0 Å². The second kappa shape index (κ2) is 8.48. The first-order chi connectivity index (χ1) is 11.9. The Bertz CT molecular complexity index is 684. The van der Waals surface area contributed by atoms with Gasteiger partial charge >= 0.3 is 6.03 Å². The monoisotopic (exact) mass is 344 g/mol. The minimum atomic E-state index is -0.334. The molecule has 2 aromatic rings. The molecule has 0 saturated carbocycles. The van der Waals surface area contributed by atoms with Gasteiger partial charge in [0.15, 0.2) is 0 Å². The third kappa shape index (κ3) is 5.46. The molecule has 0 aliphatic heterocycles. The average molecular weight is 344 g/mol. The molecule has 0 saturated heterocycles. The normalized spacial score (nSPS) is 11.9. The Morgan fingerprint density at radius 3 is 2.12 bits per heavy atom. The molecule has 5 nitrogen and oxygen atoms in total. The highest BCUT2D eigenvalue weighted by molar-refractivity contribution is 5.89. The molecular formula is C19H25FN4O. The van der Waals surface area contributed by atoms with E-state index >= 15 is 0 Å². The molecule has 25 heavy (non-hydrogen) atoms. The summed E-state index contributed by atoms with van der Waals surface area (Å²) in [6.45, 7) is 0.460. The van der Waals surface area contributed by atoms with Crippen LogP contribution in [-0.2, 0) is 0 Å². The Kier molecular flexibility index (Phi) is 6.36. The molecule has 0 heterocycles. The first-order valence-corrected chi connectivity index (χ1v) is 8.11. The molecule has 6 heteroatoms. The molecule has 2 aromatic carbocycles. The zero-order chi connectivity index (χ0) is 18.4. The quantitative estimate of drug-likeness (QED) is 0.845. The Morgan fingerprint density at radius 2 is 1.60 bits per heavy atom. The standard InChI is InChI=1S/C19H25FN4O/c1-23(2)17-11-5-14(6-12-17)18(24(3)4)13-21-19(25)22-16-9-7-15(20)8-10-16/h5-12,18H,13H2,1-4H3,(H2,21,22,25)/t18-/m1/s1. The van der Waals surface area contributed by atoms with E-state index in [9.17, 15) is 9.18 Å². The minimum absolute atomic E-state index is 0.0511. The van der Waals surface area contributed by atoms with Gasteiger partial charge in [-0.3, -0.25) is 0 Å². The summed E-state index contributed by atoms with van der Waals surface area (Å²) in [6.07, 6.45) is 0. The zero-order valence-electron chi connectivity index (χ0n) is 15.1. The number of hydrogen-bond donors (Lipinski definition) is 2. The fourth-order valence-corrected chi connectivity index (χ4v) is 2.49. The van der Waals surface area contributed by atoms with Crippen LogP contribution < -0.4 is 15.5 Å². The lowest BCUT2D eigenvalue weighted by Crippen LogP contribution is -2.36. The summed E-state index contributed by atoms with van der Waals surface area (Å²) in [6, 6.07) is 13.7. The highest BCUT2D eigenvalue weighted by atomic mass is 19.1. The number of carbonyl (C=O) groups excluding carboxylic acids is 1. The number of carbonyl (C=O) groups is 1. The molecule has 0 aliphatic carbocycles. The fourth-order valence-electron chi connectivity index (χ4n) is 2.49. The van der Waals surface area contributed by atoms with E-state index in [1.165, 1.54) is 24.3 Å². The predicted octanol–water partition coefficient (Wildman–Crippen LogP) is 3.32. The molecule has 0 radical (unpaired) electrons. The topological polar surface area (TPSA) is 47.6 Å². The van der Waals surface area contributed by atoms with Crippen molar-refractivity contribution in [1.82, 2.24) is 10.2 Å². The van der Waals surface area contributed by atoms with Gasteiger partial charge in [0.1, 0.15) is 5.82 Å². The van der Waals surface area contributed by atoms with Crippen LogP contribution in [0.2, 0.25) is 0 Å². The number of nitrogens with one attached hydrogen (secondary N) is 2. The van der Waals surface area contributed by atoms with Gasteiger partial charge in [0.05, 0.1) is 6.04 Å². The number of benzene rings is 2. The number of hydrogen-bond acceptors (Lipinski definition) is 3. The Hall–Kier alpha value is -2.60. The third-order valence-corrected chi connectivity index (χ3v) is 3.98. The van der Waals surface area contributed by atoms with E-state index in [0.29, 0.717) is 12.2 Å². The molecule has 2 N–H and O–H groups in total. The number of nitrogens with zero attached hydrogens (tertiary/aromatic N) is 2. The van der Waals surface area contributed by atoms with Gasteiger partial charge < -0.3 is 20.4 Å². The van der Waals surface area contributed by atoms with Crippen molar-refractivity contribution < 1.29 is 9.18 Å². The van der Waals surface area contributed by atoms with Gasteiger partial charge in [0, 0.05) is 32.0 Å². The van der Waals surface area contributed by atoms with E-state index in [0.717, 1.165) is 11.3 Å². The highest BCUT2D eigenvalue weighted by Crippen LogP contribution is 2.21. The van der Waals surface area contributed by atoms with E-state index in [4.69, 9.17) is 0 Å². The summed E-state index contributed by atoms with van der Waals surface area (Å²) in [4.78, 5) is 16.2. The van der Waals surface area contributed by atoms with E-state index in [1.807, 2.05) is 33.1 Å². The maximum Gasteiger partial charge on any atom is 0.319 e. The summed E-state index contributed by atoms with van der Waals surface area (Å²) >= 11 is 0. The molecule has 2 rings (SSSR count). The minimum Gasteiger partial charge on any atom is -0.378 e. The summed E-state index contributed by atoms with van der Waals surface area (Å²) in [5, 5.41) is 5.56. The maximum atomic E-state index is 12.9. The van der Waals surface area contributed by atoms with Gasteiger partial charge in [-0.1, -0.05) is 12.1 Å². The van der Waals surface area contributed by atoms with Crippen molar-refractivity contribution in [2.45, 2.75) is 6.04 Å². The number of likely N-dealkylation sites (N-methyl/N-ethyl adjacent to an activating group) is 1. The molecular weight excluding hydrogens is 319 g/mol. The van der Waals surface area contributed by atoms with Crippen LogP contribution in [0.4, 0.5) is 20.6 Å². The lowest BCUT2D eigenvalue weighted by molar-refractivity contribution is 0.243. The van der Waals surface area contributed by atoms with Crippen LogP contribution >= 0.6 is 0 Å². The van der Waals surface area contributed by atoms with Crippen molar-refractivity contribution in [2.75, 3.05) is 45.0 Å². The molecule has 2 amide bonds. The van der Waals surface area contributed by atoms with Crippen LogP contribution in [0.3, 0.4) is 0 Å². The summed E-state index contributed by atoms with van der Waals surface area (Å²) < 4.78 is 12.9. The summed E-state index contributed by atoms with van der Waals surface area (Å²) in [5.41, 5.74) is 2.80. The van der Waals surface area contributed by atoms with E-state index < -0.39 is 0 Å². The lowest BCUT2D eigenvalue weighted by Gasteiger charge is -2.26. The molecule has 0 aliphatic rings. The number of anilines is 2. The molecule has 0 aromatic heterocycles. The van der Waals surface area contributed by atoms with Crippen LogP contribution in [0.1, 0.15) is 11.6 Å². The highest BCUT2D eigenvalue weighted by Gasteiger charge is 2.15. The van der Waals surface area contributed by atoms with Crippen molar-refractivity contribution in [3.05, 3.63) is 59.9 Å². The second-order valence-electron chi connectivity index (χ2n) is 6.31. The van der Waals surface area contributed by atoms with Gasteiger partial charge in [-0.05, 0) is 56.1 Å². The Balaban J connectivity index is 1.96. The molecule has 0 fully saturated rings. The van der Waals surface area contributed by atoms with Crippen molar-refractivity contribution in [3.63, 3.8) is 0 Å². The SMILES string of the molecule is CN(C)c1ccc([C@@H](CNC(=O)Nc2ccc(F)cc2)N(C)C)cc1. The van der Waals surface area contributed by atoms with Crippen LogP contribution in [-0.4, -0.2) is 45.7 Å². The largest absolute Gasteiger partial charge is 0.378 e. The second-order valence-corrected chi connectivity index (χ2v) is 6.31. The van der Waals surface area contributed by atoms with Gasteiger partial charge in [0.2, 0.25) is 0 Å². The smallest absolute Gasteiger partial charge is 0.319 e. The molecule has 0 unspecified atom stereocenters. The zero-order valence-corrected chi connectivity index (χ0v) is 15.1. The van der Waals surface area contributed by atoms with Crippen LogP contribution in [0.15, 0.2) is 48.5 Å². The van der Waals surface area contributed by atoms with Gasteiger partial charge in [-0.2, -0.15) is 0 Å². The lowest BCUT2D eigenvalue weighted by atomic mass is 10.1.